The number of hydrogen-bond donors (Lipinski definition) is 1. The first kappa shape index (κ1) is 22.1. The maximum Gasteiger partial charge on any atom is 0.261 e. The largest absolute Gasteiger partial charge is 0.322 e. The molecular formula is C25H21Cl2N3O2. The predicted molar refractivity (Wildman–Crippen MR) is 130 cm³/mol. The van der Waals surface area contributed by atoms with Crippen molar-refractivity contribution in [3.05, 3.63) is 104 Å². The van der Waals surface area contributed by atoms with Gasteiger partial charge in [0.1, 0.15) is 5.82 Å². The van der Waals surface area contributed by atoms with Gasteiger partial charge in [0.2, 0.25) is 0 Å². The number of aromatic nitrogens is 2. The zero-order chi connectivity index (χ0) is 22.7. The lowest BCUT2D eigenvalue weighted by atomic mass is 10.1. The molecule has 1 heterocycles. The number of aryl methyl sites for hydroxylation is 1. The molecule has 0 atom stereocenters. The average molecular weight is 466 g/mol. The van der Waals surface area contributed by atoms with Crippen molar-refractivity contribution in [2.24, 2.45) is 0 Å². The van der Waals surface area contributed by atoms with Crippen LogP contribution in [-0.2, 0) is 13.0 Å². The molecule has 32 heavy (non-hydrogen) atoms. The molecule has 4 rings (SSSR count). The van der Waals surface area contributed by atoms with E-state index in [4.69, 9.17) is 28.2 Å². The second-order valence-electron chi connectivity index (χ2n) is 7.43. The molecule has 0 fully saturated rings. The van der Waals surface area contributed by atoms with Gasteiger partial charge in [-0.25, -0.2) is 4.98 Å². The van der Waals surface area contributed by atoms with E-state index in [-0.39, 0.29) is 11.5 Å². The number of rotatable bonds is 6. The Labute approximate surface area is 195 Å². The summed E-state index contributed by atoms with van der Waals surface area (Å²) in [4.78, 5) is 30.8. The Morgan fingerprint density at radius 2 is 1.72 bits per heavy atom. The molecule has 0 radical (unpaired) electrons. The second-order valence-corrected chi connectivity index (χ2v) is 8.24. The number of halogens is 2. The summed E-state index contributed by atoms with van der Waals surface area (Å²) >= 11 is 12.5. The SMILES string of the molecule is CCCc1nc2ccc(NC(=O)c3ccccc3Cl)cc2c(=O)n1Cc1ccccc1Cl. The molecule has 4 aromatic rings. The van der Waals surface area contributed by atoms with Crippen LogP contribution < -0.4 is 10.9 Å². The third-order valence-corrected chi connectivity index (χ3v) is 5.87. The van der Waals surface area contributed by atoms with Gasteiger partial charge < -0.3 is 5.32 Å². The molecule has 0 unspecified atom stereocenters. The molecular weight excluding hydrogens is 445 g/mol. The maximum absolute atomic E-state index is 13.4. The average Bonchev–Trinajstić information content (AvgIpc) is 2.78. The van der Waals surface area contributed by atoms with E-state index >= 15 is 0 Å². The highest BCUT2D eigenvalue weighted by Gasteiger charge is 2.15. The highest BCUT2D eigenvalue weighted by molar-refractivity contribution is 6.34. The number of benzene rings is 3. The van der Waals surface area contributed by atoms with Crippen LogP contribution in [0.2, 0.25) is 10.0 Å². The molecule has 7 heteroatoms. The van der Waals surface area contributed by atoms with E-state index in [0.717, 1.165) is 12.0 Å². The van der Waals surface area contributed by atoms with Gasteiger partial charge in [0.25, 0.3) is 11.5 Å². The van der Waals surface area contributed by atoms with Crippen molar-refractivity contribution in [3.8, 4) is 0 Å². The highest BCUT2D eigenvalue weighted by atomic mass is 35.5. The molecule has 1 aromatic heterocycles. The van der Waals surface area contributed by atoms with Gasteiger partial charge in [-0.1, -0.05) is 60.5 Å². The minimum absolute atomic E-state index is 0.174. The highest BCUT2D eigenvalue weighted by Crippen LogP contribution is 2.21. The minimum Gasteiger partial charge on any atom is -0.322 e. The minimum atomic E-state index is -0.345. The lowest BCUT2D eigenvalue weighted by Gasteiger charge is -2.15. The number of hydrogen-bond acceptors (Lipinski definition) is 3. The number of nitrogens with one attached hydrogen (secondary N) is 1. The molecule has 0 saturated heterocycles. The summed E-state index contributed by atoms with van der Waals surface area (Å²) in [5.74, 6) is 0.361. The van der Waals surface area contributed by atoms with Crippen molar-refractivity contribution in [2.45, 2.75) is 26.3 Å². The van der Waals surface area contributed by atoms with Crippen LogP contribution in [0.25, 0.3) is 10.9 Å². The first-order valence-corrected chi connectivity index (χ1v) is 11.1. The van der Waals surface area contributed by atoms with Crippen molar-refractivity contribution in [2.75, 3.05) is 5.32 Å². The summed E-state index contributed by atoms with van der Waals surface area (Å²) in [6.45, 7) is 2.37. The van der Waals surface area contributed by atoms with Crippen LogP contribution in [0.3, 0.4) is 0 Å². The smallest absolute Gasteiger partial charge is 0.261 e. The fourth-order valence-electron chi connectivity index (χ4n) is 3.56. The Morgan fingerprint density at radius 3 is 2.44 bits per heavy atom. The van der Waals surface area contributed by atoms with Gasteiger partial charge in [0.15, 0.2) is 0 Å². The number of anilines is 1. The fraction of sp³-hybridized carbons (Fsp3) is 0.160. The van der Waals surface area contributed by atoms with E-state index in [0.29, 0.717) is 51.0 Å². The monoisotopic (exact) mass is 465 g/mol. The molecule has 0 aliphatic heterocycles. The standard InChI is InChI=1S/C25H21Cl2N3O2/c1-2-7-23-29-22-13-12-17(28-24(31)18-9-4-6-11-21(18)27)14-19(22)25(32)30(23)15-16-8-3-5-10-20(16)26/h3-6,8-14H,2,7,15H2,1H3,(H,28,31). The summed E-state index contributed by atoms with van der Waals surface area (Å²) in [6.07, 6.45) is 1.52. The van der Waals surface area contributed by atoms with Gasteiger partial charge in [0.05, 0.1) is 28.0 Å². The van der Waals surface area contributed by atoms with Crippen LogP contribution in [0, 0.1) is 0 Å². The fourth-order valence-corrected chi connectivity index (χ4v) is 3.98. The van der Waals surface area contributed by atoms with Gasteiger partial charge >= 0.3 is 0 Å². The molecule has 0 saturated carbocycles. The molecule has 3 aromatic carbocycles. The first-order chi connectivity index (χ1) is 15.5. The van der Waals surface area contributed by atoms with E-state index in [1.165, 1.54) is 0 Å². The van der Waals surface area contributed by atoms with Crippen molar-refractivity contribution in [3.63, 3.8) is 0 Å². The molecule has 0 spiro atoms. The predicted octanol–water partition coefficient (Wildman–Crippen LogP) is 5.96. The Hall–Kier alpha value is -3.15. The van der Waals surface area contributed by atoms with Gasteiger partial charge in [-0.3, -0.25) is 14.2 Å². The zero-order valence-corrected chi connectivity index (χ0v) is 19.0. The Kier molecular flexibility index (Phi) is 6.58. The molecule has 0 bridgehead atoms. The van der Waals surface area contributed by atoms with Gasteiger partial charge in [0, 0.05) is 17.1 Å². The number of fused-ring (bicyclic) bond motifs is 1. The van der Waals surface area contributed by atoms with Crippen LogP contribution in [0.4, 0.5) is 5.69 Å². The number of carbonyl (C=O) groups is 1. The van der Waals surface area contributed by atoms with Gasteiger partial charge in [-0.2, -0.15) is 0 Å². The topological polar surface area (TPSA) is 64.0 Å². The first-order valence-electron chi connectivity index (χ1n) is 10.3. The van der Waals surface area contributed by atoms with E-state index in [2.05, 4.69) is 5.32 Å². The summed E-state index contributed by atoms with van der Waals surface area (Å²) in [5, 5.41) is 4.20. The van der Waals surface area contributed by atoms with Crippen molar-refractivity contribution in [1.82, 2.24) is 9.55 Å². The molecule has 0 aliphatic carbocycles. The Balaban J connectivity index is 1.75. The van der Waals surface area contributed by atoms with Crippen molar-refractivity contribution < 1.29 is 4.79 Å². The molecule has 162 valence electrons. The van der Waals surface area contributed by atoms with Gasteiger partial charge in [-0.05, 0) is 48.4 Å². The summed E-state index contributed by atoms with van der Waals surface area (Å²) in [7, 11) is 0. The van der Waals surface area contributed by atoms with E-state index in [1.54, 1.807) is 53.1 Å². The van der Waals surface area contributed by atoms with Crippen LogP contribution >= 0.6 is 23.2 Å². The molecule has 5 nitrogen and oxygen atoms in total. The van der Waals surface area contributed by atoms with E-state index in [9.17, 15) is 9.59 Å². The van der Waals surface area contributed by atoms with Crippen LogP contribution in [0.5, 0.6) is 0 Å². The number of amides is 1. The lowest BCUT2D eigenvalue weighted by molar-refractivity contribution is 0.102. The van der Waals surface area contributed by atoms with Crippen LogP contribution in [-0.4, -0.2) is 15.5 Å². The molecule has 1 amide bonds. The summed E-state index contributed by atoms with van der Waals surface area (Å²) in [5.41, 5.74) is 2.12. The Morgan fingerprint density at radius 1 is 1.00 bits per heavy atom. The Bertz CT molecular complexity index is 1370. The van der Waals surface area contributed by atoms with Crippen molar-refractivity contribution >= 4 is 45.7 Å². The third-order valence-electron chi connectivity index (χ3n) is 5.17. The molecule has 1 N–H and O–H groups in total. The quantitative estimate of drug-likeness (QED) is 0.382. The van der Waals surface area contributed by atoms with E-state index in [1.807, 2.05) is 25.1 Å². The van der Waals surface area contributed by atoms with Crippen LogP contribution in [0.1, 0.15) is 35.1 Å². The summed E-state index contributed by atoms with van der Waals surface area (Å²) in [6, 6.07) is 19.4. The third kappa shape index (κ3) is 4.54. The number of carbonyl (C=O) groups excluding carboxylic acids is 1. The normalized spacial score (nSPS) is 11.0. The zero-order valence-electron chi connectivity index (χ0n) is 17.4. The summed E-state index contributed by atoms with van der Waals surface area (Å²) < 4.78 is 1.66. The molecule has 0 aliphatic rings. The van der Waals surface area contributed by atoms with E-state index < -0.39 is 0 Å². The van der Waals surface area contributed by atoms with Gasteiger partial charge in [-0.15, -0.1) is 0 Å². The number of nitrogens with zero attached hydrogens (tertiary/aromatic N) is 2. The van der Waals surface area contributed by atoms with Crippen LogP contribution in [0.15, 0.2) is 71.5 Å². The maximum atomic E-state index is 13.4. The van der Waals surface area contributed by atoms with Crippen molar-refractivity contribution in [1.29, 1.82) is 0 Å². The lowest BCUT2D eigenvalue weighted by Crippen LogP contribution is -2.26. The second kappa shape index (κ2) is 9.55.